The van der Waals surface area contributed by atoms with E-state index >= 15 is 0 Å². The summed E-state index contributed by atoms with van der Waals surface area (Å²) in [4.78, 5) is 37.1. The number of carboxylic acid groups (broad SMARTS) is 1. The van der Waals surface area contributed by atoms with Gasteiger partial charge in [0, 0.05) is 19.3 Å². The average Bonchev–Trinajstić information content (AvgIpc) is 3.23. The van der Waals surface area contributed by atoms with Crippen LogP contribution >= 0.6 is 0 Å². The minimum Gasteiger partial charge on any atom is -0.477 e. The lowest BCUT2D eigenvalue weighted by Crippen LogP contribution is -2.50. The number of esters is 2. The Morgan fingerprint density at radius 2 is 0.871 bits per heavy atom. The molecule has 62 heavy (non-hydrogen) atoms. The van der Waals surface area contributed by atoms with E-state index in [4.69, 9.17) is 14.2 Å². The van der Waals surface area contributed by atoms with Crippen molar-refractivity contribution in [3.63, 3.8) is 0 Å². The van der Waals surface area contributed by atoms with Gasteiger partial charge in [-0.25, -0.2) is 4.79 Å². The highest BCUT2D eigenvalue weighted by Crippen LogP contribution is 2.14. The van der Waals surface area contributed by atoms with Crippen molar-refractivity contribution >= 4 is 17.9 Å². The van der Waals surface area contributed by atoms with Crippen molar-refractivity contribution in [2.75, 3.05) is 41.0 Å². The minimum absolute atomic E-state index is 0.0365. The monoisotopic (exact) mass is 871 g/mol. The van der Waals surface area contributed by atoms with Gasteiger partial charge in [0.25, 0.3) is 0 Å². The van der Waals surface area contributed by atoms with Crippen LogP contribution in [-0.2, 0) is 28.6 Å². The lowest BCUT2D eigenvalue weighted by atomic mass is 10.1. The van der Waals surface area contributed by atoms with Crippen molar-refractivity contribution in [1.82, 2.24) is 0 Å². The van der Waals surface area contributed by atoms with Crippen LogP contribution in [0.5, 0.6) is 0 Å². The summed E-state index contributed by atoms with van der Waals surface area (Å²) in [5.74, 6) is -1.54. The zero-order valence-electron chi connectivity index (χ0n) is 40.8. The lowest BCUT2D eigenvalue weighted by Gasteiger charge is -2.31. The van der Waals surface area contributed by atoms with Gasteiger partial charge >= 0.3 is 17.9 Å². The van der Waals surface area contributed by atoms with Gasteiger partial charge in [-0.05, 0) is 77.0 Å². The second-order valence-corrected chi connectivity index (χ2v) is 18.1. The third kappa shape index (κ3) is 42.3. The van der Waals surface area contributed by atoms with Gasteiger partial charge in [0.05, 0.1) is 34.4 Å². The first-order chi connectivity index (χ1) is 30.1. The van der Waals surface area contributed by atoms with E-state index in [-0.39, 0.29) is 42.7 Å². The quantitative estimate of drug-likeness (QED) is 0.0282. The highest BCUT2D eigenvalue weighted by molar-refractivity contribution is 5.72. The normalized spacial score (nSPS) is 13.4. The van der Waals surface area contributed by atoms with Gasteiger partial charge in [-0.15, -0.1) is 0 Å². The molecule has 0 bridgehead atoms. The number of allylic oxidation sites excluding steroid dienone is 10. The van der Waals surface area contributed by atoms with E-state index in [2.05, 4.69) is 74.6 Å². The molecule has 0 amide bonds. The number of hydrogen-bond donors (Lipinski definition) is 1. The van der Waals surface area contributed by atoms with Crippen LogP contribution in [0.25, 0.3) is 0 Å². The molecule has 358 valence electrons. The molecule has 0 saturated heterocycles. The number of ether oxygens (including phenoxy) is 3. The second kappa shape index (κ2) is 44.6. The Hall–Kier alpha value is -2.97. The molecule has 0 heterocycles. The van der Waals surface area contributed by atoms with Crippen LogP contribution in [0.1, 0.15) is 213 Å². The zero-order valence-corrected chi connectivity index (χ0v) is 40.8. The molecule has 0 aromatic carbocycles. The van der Waals surface area contributed by atoms with E-state index in [1.807, 2.05) is 21.1 Å². The number of quaternary nitrogens is 1. The fourth-order valence-electron chi connectivity index (χ4n) is 7.20. The molecular weight excluding hydrogens is 775 g/mol. The Morgan fingerprint density at radius 3 is 1.35 bits per heavy atom. The highest BCUT2D eigenvalue weighted by atomic mass is 16.6. The third-order valence-corrected chi connectivity index (χ3v) is 11.1. The van der Waals surface area contributed by atoms with Crippen molar-refractivity contribution in [3.05, 3.63) is 60.8 Å². The summed E-state index contributed by atoms with van der Waals surface area (Å²) in [7, 11) is 5.51. The molecule has 0 aromatic heterocycles. The van der Waals surface area contributed by atoms with Crippen molar-refractivity contribution in [2.24, 2.45) is 0 Å². The maximum absolute atomic E-state index is 12.7. The van der Waals surface area contributed by atoms with Crippen molar-refractivity contribution < 1.29 is 38.2 Å². The standard InChI is InChI=1S/C54H95NO7/c1-6-8-10-12-14-16-18-20-22-24-25-26-27-29-30-32-34-36-38-40-42-44-52(56)61-49-50(48-60-47-46-51(54(58)59)55(3,4)5)62-53(57)45-43-41-39-37-35-33-31-28-23-21-19-17-15-13-11-9-7-2/h15,17,21,23,26-27,31,33,37,39,50-51H,6-14,16,18-20,22,24-25,28-30,32,34-36,38,40-49H2,1-5H3/p+1/b17-15+,23-21+,27-26+,33-31+,39-37+. The molecule has 0 rings (SSSR count). The predicted molar refractivity (Wildman–Crippen MR) is 261 cm³/mol. The summed E-state index contributed by atoms with van der Waals surface area (Å²) in [5.41, 5.74) is 0. The van der Waals surface area contributed by atoms with Gasteiger partial charge in [0.15, 0.2) is 12.1 Å². The zero-order chi connectivity index (χ0) is 45.6. The van der Waals surface area contributed by atoms with E-state index in [0.717, 1.165) is 44.9 Å². The van der Waals surface area contributed by atoms with Crippen molar-refractivity contribution in [1.29, 1.82) is 0 Å². The summed E-state index contributed by atoms with van der Waals surface area (Å²) in [6.45, 7) is 4.66. The van der Waals surface area contributed by atoms with Crippen LogP contribution < -0.4 is 0 Å². The molecule has 8 nitrogen and oxygen atoms in total. The first-order valence-corrected chi connectivity index (χ1v) is 25.3. The molecule has 1 N–H and O–H groups in total. The highest BCUT2D eigenvalue weighted by Gasteiger charge is 2.31. The van der Waals surface area contributed by atoms with Gasteiger partial charge in [0.2, 0.25) is 0 Å². The van der Waals surface area contributed by atoms with Crippen LogP contribution in [0.4, 0.5) is 0 Å². The van der Waals surface area contributed by atoms with E-state index in [1.165, 1.54) is 128 Å². The topological polar surface area (TPSA) is 99.1 Å². The Morgan fingerprint density at radius 1 is 0.484 bits per heavy atom. The fraction of sp³-hybridized carbons (Fsp3) is 0.759. The van der Waals surface area contributed by atoms with Crippen LogP contribution in [0, 0.1) is 0 Å². The Labute approximate surface area is 381 Å². The summed E-state index contributed by atoms with van der Waals surface area (Å²) >= 11 is 0. The second-order valence-electron chi connectivity index (χ2n) is 18.1. The van der Waals surface area contributed by atoms with Gasteiger partial charge in [-0.2, -0.15) is 0 Å². The van der Waals surface area contributed by atoms with E-state index in [9.17, 15) is 19.5 Å². The van der Waals surface area contributed by atoms with E-state index in [0.29, 0.717) is 19.3 Å². The largest absolute Gasteiger partial charge is 0.477 e. The molecule has 0 aromatic rings. The van der Waals surface area contributed by atoms with Gasteiger partial charge in [0.1, 0.15) is 6.61 Å². The van der Waals surface area contributed by atoms with Crippen LogP contribution in [0.15, 0.2) is 60.8 Å². The van der Waals surface area contributed by atoms with Crippen molar-refractivity contribution in [2.45, 2.75) is 225 Å². The summed E-state index contributed by atoms with van der Waals surface area (Å²) < 4.78 is 17.3. The van der Waals surface area contributed by atoms with Gasteiger partial charge < -0.3 is 23.8 Å². The molecule has 8 heteroatoms. The Kier molecular flexibility index (Phi) is 42.5. The number of carbonyl (C=O) groups is 3. The van der Waals surface area contributed by atoms with Crippen molar-refractivity contribution in [3.8, 4) is 0 Å². The molecule has 2 unspecified atom stereocenters. The smallest absolute Gasteiger partial charge is 0.362 e. The lowest BCUT2D eigenvalue weighted by molar-refractivity contribution is -0.887. The maximum Gasteiger partial charge on any atom is 0.362 e. The molecule has 0 fully saturated rings. The maximum atomic E-state index is 12.7. The molecule has 0 aliphatic heterocycles. The summed E-state index contributed by atoms with van der Waals surface area (Å²) in [6.07, 6.45) is 55.7. The number of hydrogen-bond acceptors (Lipinski definition) is 6. The van der Waals surface area contributed by atoms with Gasteiger partial charge in [-0.3, -0.25) is 9.59 Å². The molecule has 0 aliphatic carbocycles. The van der Waals surface area contributed by atoms with Crippen LogP contribution in [0.2, 0.25) is 0 Å². The number of unbranched alkanes of at least 4 members (excludes halogenated alkanes) is 21. The Balaban J connectivity index is 4.33. The number of likely N-dealkylation sites (N-methyl/N-ethyl adjacent to an activating group) is 1. The average molecular weight is 871 g/mol. The number of aliphatic carboxylic acids is 1. The van der Waals surface area contributed by atoms with E-state index in [1.54, 1.807) is 0 Å². The Bertz CT molecular complexity index is 1200. The van der Waals surface area contributed by atoms with E-state index < -0.39 is 18.1 Å². The number of rotatable bonds is 45. The fourth-order valence-corrected chi connectivity index (χ4v) is 7.20. The third-order valence-electron chi connectivity index (χ3n) is 11.1. The number of carbonyl (C=O) groups excluding carboxylic acids is 2. The molecule has 0 radical (unpaired) electrons. The first kappa shape index (κ1) is 59.0. The summed E-state index contributed by atoms with van der Waals surface area (Å²) in [5, 5.41) is 9.64. The van der Waals surface area contributed by atoms with Gasteiger partial charge in [-0.1, -0.05) is 177 Å². The SMILES string of the molecule is CCCCC/C=C/C/C=C/C/C=C/C/C=C/CCCC(=O)OC(COCCC(C(=O)O)[N+](C)(C)C)COC(=O)CCCCCCCCC/C=C/CCCCCCCCCCCC. The number of nitrogens with zero attached hydrogens (tertiary/aromatic N) is 1. The number of carboxylic acids is 1. The molecule has 2 atom stereocenters. The first-order valence-electron chi connectivity index (χ1n) is 25.3. The molecule has 0 spiro atoms. The predicted octanol–water partition coefficient (Wildman–Crippen LogP) is 14.5. The molecular formula is C54H96NO7+. The minimum atomic E-state index is -0.884. The van der Waals surface area contributed by atoms with Crippen LogP contribution in [-0.4, -0.2) is 80.6 Å². The van der Waals surface area contributed by atoms with Crippen LogP contribution in [0.3, 0.4) is 0 Å². The molecule has 0 saturated carbocycles. The molecule has 0 aliphatic rings. The summed E-state index contributed by atoms with van der Waals surface area (Å²) in [6, 6.07) is -0.627.